The molecule has 0 bridgehead atoms. The molecule has 0 aromatic heterocycles. The predicted molar refractivity (Wildman–Crippen MR) is 73.4 cm³/mol. The molecule has 1 rings (SSSR count). The molecule has 106 valence electrons. The van der Waals surface area contributed by atoms with Crippen LogP contribution in [0.2, 0.25) is 0 Å². The van der Waals surface area contributed by atoms with E-state index in [4.69, 9.17) is 5.11 Å². The van der Waals surface area contributed by atoms with E-state index in [9.17, 15) is 9.18 Å². The summed E-state index contributed by atoms with van der Waals surface area (Å²) in [6, 6.07) is 6.08. The van der Waals surface area contributed by atoms with Crippen molar-refractivity contribution in [2.75, 3.05) is 6.61 Å². The number of aliphatic hydroxyl groups is 1. The topological polar surface area (TPSA) is 49.3 Å². The fourth-order valence-corrected chi connectivity index (χ4v) is 2.07. The molecule has 2 unspecified atom stereocenters. The summed E-state index contributed by atoms with van der Waals surface area (Å²) in [5.41, 5.74) is 0.982. The first-order chi connectivity index (χ1) is 9.06. The van der Waals surface area contributed by atoms with Gasteiger partial charge < -0.3 is 10.4 Å². The molecule has 2 atom stereocenters. The van der Waals surface area contributed by atoms with E-state index in [-0.39, 0.29) is 30.3 Å². The van der Waals surface area contributed by atoms with Gasteiger partial charge in [-0.1, -0.05) is 25.5 Å². The van der Waals surface area contributed by atoms with Crippen molar-refractivity contribution >= 4 is 5.91 Å². The highest BCUT2D eigenvalue weighted by Crippen LogP contribution is 2.25. The smallest absolute Gasteiger partial charge is 0.220 e. The molecular weight excluding hydrogens is 245 g/mol. The molecule has 0 saturated carbocycles. The number of nitrogens with one attached hydrogen (secondary N) is 1. The Bertz CT molecular complexity index is 392. The molecule has 0 aliphatic rings. The van der Waals surface area contributed by atoms with Gasteiger partial charge in [-0.2, -0.15) is 0 Å². The maximum absolute atomic E-state index is 12.9. The molecule has 4 heteroatoms. The number of hydrogen-bond acceptors (Lipinski definition) is 2. The summed E-state index contributed by atoms with van der Waals surface area (Å²) < 4.78 is 12.9. The Morgan fingerprint density at radius 3 is 2.53 bits per heavy atom. The van der Waals surface area contributed by atoms with Gasteiger partial charge in [-0.05, 0) is 37.0 Å². The average molecular weight is 267 g/mol. The van der Waals surface area contributed by atoms with Crippen molar-refractivity contribution in [3.05, 3.63) is 35.6 Å². The summed E-state index contributed by atoms with van der Waals surface area (Å²) in [6.45, 7) is 3.75. The molecule has 0 radical (unpaired) electrons. The third-order valence-electron chi connectivity index (χ3n) is 3.09. The Morgan fingerprint density at radius 2 is 2.00 bits per heavy atom. The molecule has 19 heavy (non-hydrogen) atoms. The van der Waals surface area contributed by atoms with E-state index in [1.807, 2.05) is 0 Å². The number of rotatable bonds is 7. The minimum absolute atomic E-state index is 0.0687. The number of amides is 1. The lowest BCUT2D eigenvalue weighted by molar-refractivity contribution is -0.122. The van der Waals surface area contributed by atoms with Gasteiger partial charge in [-0.3, -0.25) is 4.79 Å². The Morgan fingerprint density at radius 1 is 1.37 bits per heavy atom. The quantitative estimate of drug-likeness (QED) is 0.797. The second kappa shape index (κ2) is 7.89. The van der Waals surface area contributed by atoms with Crippen LogP contribution in [-0.4, -0.2) is 23.7 Å². The van der Waals surface area contributed by atoms with Crippen molar-refractivity contribution in [1.82, 2.24) is 5.32 Å². The van der Waals surface area contributed by atoms with E-state index in [1.165, 1.54) is 12.1 Å². The number of benzene rings is 1. The van der Waals surface area contributed by atoms with Crippen molar-refractivity contribution in [3.8, 4) is 0 Å². The number of carbonyl (C=O) groups excluding carboxylic acids is 1. The third kappa shape index (κ3) is 5.39. The van der Waals surface area contributed by atoms with Crippen LogP contribution >= 0.6 is 0 Å². The normalized spacial score (nSPS) is 13.9. The standard InChI is InChI=1S/C15H22FNO2/c1-3-4-13(9-15(19)17-11(2)10-18)12-5-7-14(16)8-6-12/h5-8,11,13,18H,3-4,9-10H2,1-2H3,(H,17,19). The molecule has 0 fully saturated rings. The highest BCUT2D eigenvalue weighted by molar-refractivity contribution is 5.77. The second-order valence-electron chi connectivity index (χ2n) is 4.89. The van der Waals surface area contributed by atoms with Crippen molar-refractivity contribution in [3.63, 3.8) is 0 Å². The van der Waals surface area contributed by atoms with E-state index in [2.05, 4.69) is 12.2 Å². The van der Waals surface area contributed by atoms with Crippen LogP contribution in [-0.2, 0) is 4.79 Å². The van der Waals surface area contributed by atoms with Crippen LogP contribution in [0.5, 0.6) is 0 Å². The molecule has 0 spiro atoms. The fourth-order valence-electron chi connectivity index (χ4n) is 2.07. The van der Waals surface area contributed by atoms with Gasteiger partial charge in [0.1, 0.15) is 5.82 Å². The first-order valence-corrected chi connectivity index (χ1v) is 6.72. The van der Waals surface area contributed by atoms with Crippen LogP contribution in [0.15, 0.2) is 24.3 Å². The highest BCUT2D eigenvalue weighted by Gasteiger charge is 2.16. The lowest BCUT2D eigenvalue weighted by Crippen LogP contribution is -2.35. The van der Waals surface area contributed by atoms with E-state index in [0.29, 0.717) is 6.42 Å². The van der Waals surface area contributed by atoms with Gasteiger partial charge in [-0.25, -0.2) is 4.39 Å². The van der Waals surface area contributed by atoms with Crippen LogP contribution in [0, 0.1) is 5.82 Å². The summed E-state index contributed by atoms with van der Waals surface area (Å²) >= 11 is 0. The zero-order valence-corrected chi connectivity index (χ0v) is 11.5. The van der Waals surface area contributed by atoms with Gasteiger partial charge in [0.25, 0.3) is 0 Å². The van der Waals surface area contributed by atoms with Crippen LogP contribution < -0.4 is 5.32 Å². The minimum atomic E-state index is -0.266. The second-order valence-corrected chi connectivity index (χ2v) is 4.89. The zero-order valence-electron chi connectivity index (χ0n) is 11.5. The molecule has 0 aliphatic carbocycles. The summed E-state index contributed by atoms with van der Waals surface area (Å²) in [6.07, 6.45) is 2.21. The Hall–Kier alpha value is -1.42. The first-order valence-electron chi connectivity index (χ1n) is 6.72. The molecule has 0 aliphatic heterocycles. The summed E-state index contributed by atoms with van der Waals surface area (Å²) in [5, 5.41) is 11.6. The van der Waals surface area contributed by atoms with Crippen molar-refractivity contribution < 1.29 is 14.3 Å². The Labute approximate surface area is 113 Å². The molecular formula is C15H22FNO2. The number of aliphatic hydroxyl groups excluding tert-OH is 1. The predicted octanol–water partition coefficient (Wildman–Crippen LogP) is 2.60. The average Bonchev–Trinajstić information content (AvgIpc) is 2.39. The summed E-state index contributed by atoms with van der Waals surface area (Å²) in [7, 11) is 0. The lowest BCUT2D eigenvalue weighted by Gasteiger charge is -2.18. The van der Waals surface area contributed by atoms with Crippen LogP contribution in [0.25, 0.3) is 0 Å². The molecule has 0 heterocycles. The molecule has 1 aromatic carbocycles. The van der Waals surface area contributed by atoms with Gasteiger partial charge in [0.2, 0.25) is 5.91 Å². The monoisotopic (exact) mass is 267 g/mol. The molecule has 1 aromatic rings. The number of hydrogen-bond donors (Lipinski definition) is 2. The number of halogens is 1. The van der Waals surface area contributed by atoms with Gasteiger partial charge in [-0.15, -0.1) is 0 Å². The van der Waals surface area contributed by atoms with Gasteiger partial charge in [0, 0.05) is 12.5 Å². The minimum Gasteiger partial charge on any atom is -0.394 e. The van der Waals surface area contributed by atoms with Crippen molar-refractivity contribution in [2.24, 2.45) is 0 Å². The van der Waals surface area contributed by atoms with E-state index in [1.54, 1.807) is 19.1 Å². The van der Waals surface area contributed by atoms with Crippen LogP contribution in [0.3, 0.4) is 0 Å². The molecule has 0 saturated heterocycles. The Balaban J connectivity index is 2.67. The summed E-state index contributed by atoms with van der Waals surface area (Å²) in [4.78, 5) is 11.8. The van der Waals surface area contributed by atoms with Crippen LogP contribution in [0.4, 0.5) is 4.39 Å². The Kier molecular flexibility index (Phi) is 6.50. The lowest BCUT2D eigenvalue weighted by atomic mass is 9.91. The van der Waals surface area contributed by atoms with Gasteiger partial charge in [0.15, 0.2) is 0 Å². The van der Waals surface area contributed by atoms with Gasteiger partial charge in [0.05, 0.1) is 6.61 Å². The molecule has 2 N–H and O–H groups in total. The SMILES string of the molecule is CCCC(CC(=O)NC(C)CO)c1ccc(F)cc1. The molecule has 3 nitrogen and oxygen atoms in total. The maximum Gasteiger partial charge on any atom is 0.220 e. The first kappa shape index (κ1) is 15.6. The zero-order chi connectivity index (χ0) is 14.3. The van der Waals surface area contributed by atoms with Crippen molar-refractivity contribution in [1.29, 1.82) is 0 Å². The fraction of sp³-hybridized carbons (Fsp3) is 0.533. The van der Waals surface area contributed by atoms with E-state index in [0.717, 1.165) is 18.4 Å². The highest BCUT2D eigenvalue weighted by atomic mass is 19.1. The van der Waals surface area contributed by atoms with Gasteiger partial charge >= 0.3 is 0 Å². The number of carbonyl (C=O) groups is 1. The third-order valence-corrected chi connectivity index (χ3v) is 3.09. The van der Waals surface area contributed by atoms with Crippen molar-refractivity contribution in [2.45, 2.75) is 45.1 Å². The maximum atomic E-state index is 12.9. The van der Waals surface area contributed by atoms with Crippen LogP contribution in [0.1, 0.15) is 44.6 Å². The van der Waals surface area contributed by atoms with E-state index >= 15 is 0 Å². The summed E-state index contributed by atoms with van der Waals surface area (Å²) in [5.74, 6) is -0.252. The van der Waals surface area contributed by atoms with E-state index < -0.39 is 0 Å². The largest absolute Gasteiger partial charge is 0.394 e. The molecule has 1 amide bonds.